The van der Waals surface area contributed by atoms with Crippen LogP contribution in [0.5, 0.6) is 0 Å². The first-order valence-electron chi connectivity index (χ1n) is 7.09. The van der Waals surface area contributed by atoms with Gasteiger partial charge in [-0.15, -0.1) is 0 Å². The van der Waals surface area contributed by atoms with Crippen LogP contribution in [0.3, 0.4) is 0 Å². The predicted octanol–water partition coefficient (Wildman–Crippen LogP) is 3.44. The minimum Gasteiger partial charge on any atom is -0.369 e. The Morgan fingerprint density at radius 3 is 2.47 bits per heavy atom. The molecule has 1 aliphatic rings. The Balaban J connectivity index is 2.09. The van der Waals surface area contributed by atoms with E-state index in [1.54, 1.807) is 12.1 Å². The molecule has 0 unspecified atom stereocenters. The van der Waals surface area contributed by atoms with E-state index in [-0.39, 0.29) is 12.1 Å². The Bertz CT molecular complexity index is 426. The molecule has 2 nitrogen and oxygen atoms in total. The first-order chi connectivity index (χ1) is 9.17. The van der Waals surface area contributed by atoms with Crippen LogP contribution in [0.4, 0.5) is 14.5 Å². The maximum absolute atomic E-state index is 14.0. The largest absolute Gasteiger partial charge is 0.369 e. The molecule has 0 saturated carbocycles. The highest BCUT2D eigenvalue weighted by molar-refractivity contribution is 5.50. The van der Waals surface area contributed by atoms with Crippen molar-refractivity contribution in [3.8, 4) is 0 Å². The summed E-state index contributed by atoms with van der Waals surface area (Å²) in [5.74, 6) is -0.815. The first kappa shape index (κ1) is 14.3. The normalized spacial score (nSPS) is 16.9. The monoisotopic (exact) mass is 268 g/mol. The fourth-order valence-corrected chi connectivity index (χ4v) is 2.85. The average Bonchev–Trinajstić information content (AvgIpc) is 2.43. The summed E-state index contributed by atoms with van der Waals surface area (Å²) in [7, 11) is 0. The SMILES string of the molecule is CCCC1CCN(c2ccc(CN)c(F)c2F)CC1. The van der Waals surface area contributed by atoms with Crippen molar-refractivity contribution in [2.75, 3.05) is 18.0 Å². The summed E-state index contributed by atoms with van der Waals surface area (Å²) in [5.41, 5.74) is 6.00. The molecule has 0 atom stereocenters. The lowest BCUT2D eigenvalue weighted by molar-refractivity contribution is 0.375. The van der Waals surface area contributed by atoms with E-state index in [0.717, 1.165) is 31.8 Å². The van der Waals surface area contributed by atoms with Crippen LogP contribution < -0.4 is 10.6 Å². The molecule has 1 fully saturated rings. The van der Waals surface area contributed by atoms with Crippen molar-refractivity contribution in [3.63, 3.8) is 0 Å². The number of halogens is 2. The second-order valence-electron chi connectivity index (χ2n) is 5.29. The summed E-state index contributed by atoms with van der Waals surface area (Å²) >= 11 is 0. The standard InChI is InChI=1S/C15H22F2N2/c1-2-3-11-6-8-19(9-7-11)13-5-4-12(10-18)14(16)15(13)17/h4-5,11H,2-3,6-10,18H2,1H3. The second-order valence-corrected chi connectivity index (χ2v) is 5.29. The van der Waals surface area contributed by atoms with Gasteiger partial charge in [-0.2, -0.15) is 0 Å². The zero-order chi connectivity index (χ0) is 13.8. The van der Waals surface area contributed by atoms with Crippen LogP contribution in [0.25, 0.3) is 0 Å². The molecule has 0 bridgehead atoms. The topological polar surface area (TPSA) is 29.3 Å². The number of hydrogen-bond acceptors (Lipinski definition) is 2. The lowest BCUT2D eigenvalue weighted by atomic mass is 9.92. The fraction of sp³-hybridized carbons (Fsp3) is 0.600. The van der Waals surface area contributed by atoms with Gasteiger partial charge in [-0.05, 0) is 24.8 Å². The smallest absolute Gasteiger partial charge is 0.182 e. The summed E-state index contributed by atoms with van der Waals surface area (Å²) < 4.78 is 27.7. The summed E-state index contributed by atoms with van der Waals surface area (Å²) in [5, 5.41) is 0. The summed E-state index contributed by atoms with van der Waals surface area (Å²) in [6, 6.07) is 3.24. The third kappa shape index (κ3) is 3.06. The Morgan fingerprint density at radius 2 is 1.89 bits per heavy atom. The number of hydrogen-bond donors (Lipinski definition) is 1. The highest BCUT2D eigenvalue weighted by Crippen LogP contribution is 2.29. The molecule has 0 radical (unpaired) electrons. The molecular formula is C15H22F2N2. The molecule has 4 heteroatoms. The van der Waals surface area contributed by atoms with Crippen LogP contribution in [0.1, 0.15) is 38.2 Å². The van der Waals surface area contributed by atoms with Gasteiger partial charge in [0, 0.05) is 25.2 Å². The molecule has 0 aromatic heterocycles. The number of anilines is 1. The molecule has 2 N–H and O–H groups in total. The predicted molar refractivity (Wildman–Crippen MR) is 74.1 cm³/mol. The van der Waals surface area contributed by atoms with Crippen LogP contribution in [0.15, 0.2) is 12.1 Å². The summed E-state index contributed by atoms with van der Waals surface area (Å²) in [4.78, 5) is 1.95. The van der Waals surface area contributed by atoms with Crippen molar-refractivity contribution in [1.29, 1.82) is 0 Å². The van der Waals surface area contributed by atoms with Crippen molar-refractivity contribution in [1.82, 2.24) is 0 Å². The van der Waals surface area contributed by atoms with Gasteiger partial charge in [0.1, 0.15) is 0 Å². The minimum absolute atomic E-state index is 0.0294. The van der Waals surface area contributed by atoms with E-state index in [9.17, 15) is 8.78 Å². The Hall–Kier alpha value is -1.16. The number of benzene rings is 1. The van der Waals surface area contributed by atoms with Crippen LogP contribution in [0, 0.1) is 17.6 Å². The van der Waals surface area contributed by atoms with E-state index in [1.807, 2.05) is 4.90 Å². The van der Waals surface area contributed by atoms with Gasteiger partial charge in [-0.25, -0.2) is 8.78 Å². The van der Waals surface area contributed by atoms with Gasteiger partial charge in [0.15, 0.2) is 11.6 Å². The maximum Gasteiger partial charge on any atom is 0.182 e. The van der Waals surface area contributed by atoms with Gasteiger partial charge in [0.2, 0.25) is 0 Å². The Labute approximate surface area is 113 Å². The Morgan fingerprint density at radius 1 is 1.21 bits per heavy atom. The van der Waals surface area contributed by atoms with E-state index in [0.29, 0.717) is 5.69 Å². The van der Waals surface area contributed by atoms with Gasteiger partial charge in [-0.1, -0.05) is 25.8 Å². The zero-order valence-electron chi connectivity index (χ0n) is 11.5. The third-order valence-electron chi connectivity index (χ3n) is 4.01. The van der Waals surface area contributed by atoms with E-state index < -0.39 is 11.6 Å². The van der Waals surface area contributed by atoms with Crippen molar-refractivity contribution < 1.29 is 8.78 Å². The summed E-state index contributed by atoms with van der Waals surface area (Å²) in [6.07, 6.45) is 4.55. The molecule has 106 valence electrons. The molecule has 1 heterocycles. The number of piperidine rings is 1. The average molecular weight is 268 g/mol. The van der Waals surface area contributed by atoms with Crippen LogP contribution in [-0.4, -0.2) is 13.1 Å². The lowest BCUT2D eigenvalue weighted by Gasteiger charge is -2.33. The molecule has 0 spiro atoms. The van der Waals surface area contributed by atoms with Crippen molar-refractivity contribution >= 4 is 5.69 Å². The molecule has 0 aliphatic carbocycles. The lowest BCUT2D eigenvalue weighted by Crippen LogP contribution is -2.34. The molecule has 1 aromatic rings. The van der Waals surface area contributed by atoms with E-state index in [1.165, 1.54) is 12.8 Å². The number of nitrogens with zero attached hydrogens (tertiary/aromatic N) is 1. The van der Waals surface area contributed by atoms with Crippen LogP contribution in [-0.2, 0) is 6.54 Å². The molecule has 1 aliphatic heterocycles. The van der Waals surface area contributed by atoms with Gasteiger partial charge < -0.3 is 10.6 Å². The van der Waals surface area contributed by atoms with Crippen LogP contribution >= 0.6 is 0 Å². The second kappa shape index (κ2) is 6.33. The first-order valence-corrected chi connectivity index (χ1v) is 7.09. The Kier molecular flexibility index (Phi) is 4.75. The van der Waals surface area contributed by atoms with Gasteiger partial charge in [0.25, 0.3) is 0 Å². The third-order valence-corrected chi connectivity index (χ3v) is 4.01. The fourth-order valence-electron chi connectivity index (χ4n) is 2.85. The van der Waals surface area contributed by atoms with Gasteiger partial charge in [-0.3, -0.25) is 0 Å². The molecule has 0 amide bonds. The van der Waals surface area contributed by atoms with Gasteiger partial charge in [0.05, 0.1) is 5.69 Å². The van der Waals surface area contributed by atoms with Gasteiger partial charge >= 0.3 is 0 Å². The zero-order valence-corrected chi connectivity index (χ0v) is 11.5. The maximum atomic E-state index is 14.0. The van der Waals surface area contributed by atoms with E-state index in [2.05, 4.69) is 6.92 Å². The molecule has 19 heavy (non-hydrogen) atoms. The molecule has 1 saturated heterocycles. The van der Waals surface area contributed by atoms with Crippen molar-refractivity contribution in [2.24, 2.45) is 11.7 Å². The highest BCUT2D eigenvalue weighted by atomic mass is 19.2. The minimum atomic E-state index is -0.796. The molecule has 1 aromatic carbocycles. The van der Waals surface area contributed by atoms with E-state index in [4.69, 9.17) is 5.73 Å². The van der Waals surface area contributed by atoms with Crippen molar-refractivity contribution in [2.45, 2.75) is 39.2 Å². The van der Waals surface area contributed by atoms with Crippen molar-refractivity contribution in [3.05, 3.63) is 29.3 Å². The summed E-state index contributed by atoms with van der Waals surface area (Å²) in [6.45, 7) is 3.83. The highest BCUT2D eigenvalue weighted by Gasteiger charge is 2.22. The van der Waals surface area contributed by atoms with Crippen LogP contribution in [0.2, 0.25) is 0 Å². The quantitative estimate of drug-likeness (QED) is 0.906. The van der Waals surface area contributed by atoms with E-state index >= 15 is 0 Å². The molecule has 2 rings (SSSR count). The number of nitrogens with two attached hydrogens (primary N) is 1. The molecular weight excluding hydrogens is 246 g/mol. The number of rotatable bonds is 4.